The Hall–Kier alpha value is -2.70. The van der Waals surface area contributed by atoms with Crippen LogP contribution in [-0.4, -0.2) is 46.8 Å². The predicted octanol–water partition coefficient (Wildman–Crippen LogP) is 1.83. The van der Waals surface area contributed by atoms with Crippen LogP contribution in [-0.2, 0) is 14.3 Å². The molecule has 0 radical (unpaired) electrons. The maximum Gasteiger partial charge on any atom is 0.308 e. The van der Waals surface area contributed by atoms with Crippen molar-refractivity contribution in [2.45, 2.75) is 52.7 Å². The van der Waals surface area contributed by atoms with Crippen LogP contribution in [0.25, 0.3) is 0 Å². The Balaban J connectivity index is 1.91. The van der Waals surface area contributed by atoms with E-state index in [1.807, 2.05) is 27.7 Å². The highest BCUT2D eigenvalue weighted by Gasteiger charge is 2.35. The largest absolute Gasteiger partial charge is 0.452 e. The van der Waals surface area contributed by atoms with Gasteiger partial charge in [0, 0.05) is 12.1 Å². The molecule has 26 heavy (non-hydrogen) atoms. The highest BCUT2D eigenvalue weighted by Crippen LogP contribution is 2.24. The minimum absolute atomic E-state index is 0.0855. The van der Waals surface area contributed by atoms with Crippen LogP contribution in [0.4, 0.5) is 0 Å². The van der Waals surface area contributed by atoms with Crippen molar-refractivity contribution in [1.29, 1.82) is 0 Å². The normalized spacial score (nSPS) is 14.9. The van der Waals surface area contributed by atoms with Gasteiger partial charge in [-0.3, -0.25) is 24.1 Å². The van der Waals surface area contributed by atoms with Crippen molar-refractivity contribution in [3.63, 3.8) is 0 Å². The van der Waals surface area contributed by atoms with Crippen LogP contribution in [0.1, 0.15) is 60.4 Å². The summed E-state index contributed by atoms with van der Waals surface area (Å²) in [5, 5.41) is 2.72. The van der Waals surface area contributed by atoms with E-state index in [1.54, 1.807) is 18.2 Å². The number of ether oxygens (including phenoxy) is 1. The molecule has 7 heteroatoms. The monoisotopic (exact) mass is 360 g/mol. The van der Waals surface area contributed by atoms with Gasteiger partial charge in [0.15, 0.2) is 6.10 Å². The van der Waals surface area contributed by atoms with Crippen molar-refractivity contribution in [3.05, 3.63) is 34.9 Å². The molecule has 1 unspecified atom stereocenters. The number of rotatable bonds is 5. The summed E-state index contributed by atoms with van der Waals surface area (Å²) < 4.78 is 5.08. The first-order chi connectivity index (χ1) is 12.0. The molecule has 7 nitrogen and oxygen atoms in total. The average Bonchev–Trinajstić information content (AvgIpc) is 2.74. The lowest BCUT2D eigenvalue weighted by atomic mass is 10.1. The van der Waals surface area contributed by atoms with E-state index < -0.39 is 35.3 Å². The van der Waals surface area contributed by atoms with Crippen molar-refractivity contribution >= 4 is 23.7 Å². The molecule has 1 aromatic carbocycles. The highest BCUT2D eigenvalue weighted by molar-refractivity contribution is 6.21. The minimum Gasteiger partial charge on any atom is -0.452 e. The number of benzene rings is 1. The Kier molecular flexibility index (Phi) is 5.49. The number of hydrogen-bond acceptors (Lipinski definition) is 5. The molecule has 0 saturated heterocycles. The second kappa shape index (κ2) is 7.27. The molecule has 1 aromatic rings. The van der Waals surface area contributed by atoms with Gasteiger partial charge >= 0.3 is 5.97 Å². The topological polar surface area (TPSA) is 92.8 Å². The first-order valence-electron chi connectivity index (χ1n) is 8.48. The standard InChI is InChI=1S/C19H24N2O5/c1-11-6-7-13-14(10-11)18(25)21(17(13)24)9-8-15(22)26-12(2)16(23)20-19(3,4)5/h6-7,10,12H,8-9H2,1-5H3,(H,20,23). The Bertz CT molecular complexity index is 764. The zero-order chi connectivity index (χ0) is 19.6. The number of imide groups is 1. The summed E-state index contributed by atoms with van der Waals surface area (Å²) in [6.07, 6.45) is -1.12. The Morgan fingerprint density at radius 2 is 1.77 bits per heavy atom. The molecule has 1 atom stereocenters. The number of amides is 3. The molecule has 0 spiro atoms. The predicted molar refractivity (Wildman–Crippen MR) is 94.6 cm³/mol. The number of carbonyl (C=O) groups excluding carboxylic acids is 4. The smallest absolute Gasteiger partial charge is 0.308 e. The SMILES string of the molecule is Cc1ccc2c(c1)C(=O)N(CCC(=O)OC(C)C(=O)NC(C)(C)C)C2=O. The highest BCUT2D eigenvalue weighted by atomic mass is 16.5. The number of nitrogens with one attached hydrogen (secondary N) is 1. The van der Waals surface area contributed by atoms with Gasteiger partial charge in [0.1, 0.15) is 0 Å². The van der Waals surface area contributed by atoms with Crippen molar-refractivity contribution in [1.82, 2.24) is 10.2 Å². The number of carbonyl (C=O) groups is 4. The zero-order valence-corrected chi connectivity index (χ0v) is 15.7. The summed E-state index contributed by atoms with van der Waals surface area (Å²) in [5.41, 5.74) is 1.13. The average molecular weight is 360 g/mol. The fourth-order valence-corrected chi connectivity index (χ4v) is 2.59. The van der Waals surface area contributed by atoms with Gasteiger partial charge in [-0.05, 0) is 46.8 Å². The maximum absolute atomic E-state index is 12.3. The first kappa shape index (κ1) is 19.6. The van der Waals surface area contributed by atoms with E-state index in [2.05, 4.69) is 5.32 Å². The van der Waals surface area contributed by atoms with Crippen molar-refractivity contribution < 1.29 is 23.9 Å². The van der Waals surface area contributed by atoms with Gasteiger partial charge in [0.2, 0.25) is 0 Å². The van der Waals surface area contributed by atoms with Gasteiger partial charge in [0.05, 0.1) is 17.5 Å². The molecular formula is C19H24N2O5. The molecule has 0 aromatic heterocycles. The maximum atomic E-state index is 12.3. The molecule has 3 amide bonds. The molecule has 1 aliphatic heterocycles. The molecule has 0 fully saturated rings. The lowest BCUT2D eigenvalue weighted by molar-refractivity contribution is -0.155. The van der Waals surface area contributed by atoms with E-state index in [4.69, 9.17) is 4.74 Å². The Morgan fingerprint density at radius 3 is 2.38 bits per heavy atom. The quantitative estimate of drug-likeness (QED) is 0.639. The Morgan fingerprint density at radius 1 is 1.15 bits per heavy atom. The van der Waals surface area contributed by atoms with E-state index >= 15 is 0 Å². The van der Waals surface area contributed by atoms with Crippen molar-refractivity contribution in [2.75, 3.05) is 6.54 Å². The van der Waals surface area contributed by atoms with Crippen LogP contribution >= 0.6 is 0 Å². The third-order valence-electron chi connectivity index (χ3n) is 3.84. The second-order valence-corrected chi connectivity index (χ2v) is 7.43. The van der Waals surface area contributed by atoms with Crippen LogP contribution in [0.3, 0.4) is 0 Å². The van der Waals surface area contributed by atoms with Gasteiger partial charge in [-0.25, -0.2) is 0 Å². The molecule has 0 bridgehead atoms. The lowest BCUT2D eigenvalue weighted by Crippen LogP contribution is -2.46. The third-order valence-corrected chi connectivity index (χ3v) is 3.84. The summed E-state index contributed by atoms with van der Waals surface area (Å²) in [4.78, 5) is 49.6. The fourth-order valence-electron chi connectivity index (χ4n) is 2.59. The molecule has 0 saturated carbocycles. The van der Waals surface area contributed by atoms with Crippen molar-refractivity contribution in [2.24, 2.45) is 0 Å². The molecular weight excluding hydrogens is 336 g/mol. The van der Waals surface area contributed by atoms with Gasteiger partial charge in [-0.2, -0.15) is 0 Å². The van der Waals surface area contributed by atoms with E-state index in [-0.39, 0.29) is 13.0 Å². The number of aryl methyl sites for hydroxylation is 1. The third kappa shape index (κ3) is 4.47. The van der Waals surface area contributed by atoms with Crippen LogP contribution < -0.4 is 5.32 Å². The second-order valence-electron chi connectivity index (χ2n) is 7.43. The van der Waals surface area contributed by atoms with Gasteiger partial charge in [-0.15, -0.1) is 0 Å². The van der Waals surface area contributed by atoms with Gasteiger partial charge in [-0.1, -0.05) is 11.6 Å². The number of hydrogen-bond donors (Lipinski definition) is 1. The summed E-state index contributed by atoms with van der Waals surface area (Å²) >= 11 is 0. The van der Waals surface area contributed by atoms with Gasteiger partial charge in [0.25, 0.3) is 17.7 Å². The van der Waals surface area contributed by atoms with Crippen LogP contribution in [0, 0.1) is 6.92 Å². The van der Waals surface area contributed by atoms with E-state index in [0.29, 0.717) is 11.1 Å². The molecule has 1 aliphatic rings. The van der Waals surface area contributed by atoms with E-state index in [9.17, 15) is 19.2 Å². The summed E-state index contributed by atoms with van der Waals surface area (Å²) in [6, 6.07) is 5.03. The van der Waals surface area contributed by atoms with E-state index in [1.165, 1.54) is 6.92 Å². The molecule has 1 heterocycles. The van der Waals surface area contributed by atoms with Gasteiger partial charge < -0.3 is 10.1 Å². The zero-order valence-electron chi connectivity index (χ0n) is 15.7. The Labute approximate surface area is 152 Å². The van der Waals surface area contributed by atoms with Crippen molar-refractivity contribution in [3.8, 4) is 0 Å². The fraction of sp³-hybridized carbons (Fsp3) is 0.474. The lowest BCUT2D eigenvalue weighted by Gasteiger charge is -2.23. The summed E-state index contributed by atoms with van der Waals surface area (Å²) in [6.45, 7) is 8.69. The molecule has 140 valence electrons. The number of nitrogens with zero attached hydrogens (tertiary/aromatic N) is 1. The number of esters is 1. The summed E-state index contributed by atoms with van der Waals surface area (Å²) in [5.74, 6) is -1.88. The molecule has 2 rings (SSSR count). The molecule has 1 N–H and O–H groups in total. The number of fused-ring (bicyclic) bond motifs is 1. The molecule has 0 aliphatic carbocycles. The van der Waals surface area contributed by atoms with Crippen LogP contribution in [0.15, 0.2) is 18.2 Å². The first-order valence-corrected chi connectivity index (χ1v) is 8.48. The van der Waals surface area contributed by atoms with Crippen LogP contribution in [0.5, 0.6) is 0 Å². The summed E-state index contributed by atoms with van der Waals surface area (Å²) in [7, 11) is 0. The minimum atomic E-state index is -0.952. The van der Waals surface area contributed by atoms with E-state index in [0.717, 1.165) is 10.5 Å². The van der Waals surface area contributed by atoms with Crippen LogP contribution in [0.2, 0.25) is 0 Å².